The molecule has 0 aliphatic rings. The molecule has 2 aromatic carbocycles. The Balaban J connectivity index is 1.73. The van der Waals surface area contributed by atoms with Gasteiger partial charge in [0, 0.05) is 18.3 Å². The summed E-state index contributed by atoms with van der Waals surface area (Å²) >= 11 is 0. The van der Waals surface area contributed by atoms with Crippen LogP contribution in [0.4, 0.5) is 13.2 Å². The fourth-order valence-electron chi connectivity index (χ4n) is 2.61. The molecular formula is C20H16F3N3O3. The molecule has 0 spiro atoms. The highest BCUT2D eigenvalue weighted by Crippen LogP contribution is 2.22. The minimum Gasteiger partial charge on any atom is -0.406 e. The molecule has 9 heteroatoms. The number of amides is 1. The Bertz CT molecular complexity index is 1060. The number of aromatic nitrogens is 2. The van der Waals surface area contributed by atoms with E-state index in [9.17, 15) is 22.8 Å². The van der Waals surface area contributed by atoms with Gasteiger partial charge in [0.2, 0.25) is 5.43 Å². The largest absolute Gasteiger partial charge is 0.573 e. The normalized spacial score (nSPS) is 11.2. The van der Waals surface area contributed by atoms with Crippen molar-refractivity contribution >= 4 is 5.91 Å². The quantitative estimate of drug-likeness (QED) is 0.709. The standard InChI is InChI=1S/C20H16F3N3O3/c1-13-11-17(27)18(25-26(13)15-5-3-2-4-6-15)19(28)24-12-14-7-9-16(10-8-14)29-20(21,22)23/h2-11H,12H2,1H3,(H,24,28). The molecule has 3 aromatic rings. The van der Waals surface area contributed by atoms with Crippen LogP contribution in [0.5, 0.6) is 5.75 Å². The van der Waals surface area contributed by atoms with Crippen molar-refractivity contribution in [2.24, 2.45) is 0 Å². The van der Waals surface area contributed by atoms with Crippen molar-refractivity contribution in [3.05, 3.63) is 87.8 Å². The van der Waals surface area contributed by atoms with E-state index in [1.54, 1.807) is 31.2 Å². The first-order valence-electron chi connectivity index (χ1n) is 8.52. The number of carbonyl (C=O) groups is 1. The molecule has 0 bridgehead atoms. The number of para-hydroxylation sites is 1. The van der Waals surface area contributed by atoms with Gasteiger partial charge in [0.25, 0.3) is 5.91 Å². The SMILES string of the molecule is Cc1cc(=O)c(C(=O)NCc2ccc(OC(F)(F)F)cc2)nn1-c1ccccc1. The predicted molar refractivity (Wildman–Crippen MR) is 98.9 cm³/mol. The number of benzene rings is 2. The van der Waals surface area contributed by atoms with E-state index in [0.29, 0.717) is 16.9 Å². The first-order valence-corrected chi connectivity index (χ1v) is 8.52. The van der Waals surface area contributed by atoms with Gasteiger partial charge in [-0.3, -0.25) is 9.59 Å². The zero-order valence-corrected chi connectivity index (χ0v) is 15.2. The van der Waals surface area contributed by atoms with Crippen LogP contribution in [0.15, 0.2) is 65.5 Å². The van der Waals surface area contributed by atoms with E-state index in [2.05, 4.69) is 15.2 Å². The maximum absolute atomic E-state index is 12.4. The zero-order chi connectivity index (χ0) is 21.0. The highest BCUT2D eigenvalue weighted by molar-refractivity contribution is 5.92. The number of hydrogen-bond acceptors (Lipinski definition) is 4. The Hall–Kier alpha value is -3.62. The topological polar surface area (TPSA) is 73.2 Å². The lowest BCUT2D eigenvalue weighted by molar-refractivity contribution is -0.274. The minimum absolute atomic E-state index is 0.00542. The smallest absolute Gasteiger partial charge is 0.406 e. The van der Waals surface area contributed by atoms with Crippen molar-refractivity contribution in [1.82, 2.24) is 15.1 Å². The summed E-state index contributed by atoms with van der Waals surface area (Å²) in [6.45, 7) is 1.71. The summed E-state index contributed by atoms with van der Waals surface area (Å²) in [5.41, 5.74) is 0.985. The summed E-state index contributed by atoms with van der Waals surface area (Å²) in [6.07, 6.45) is -4.77. The van der Waals surface area contributed by atoms with E-state index in [1.165, 1.54) is 22.9 Å². The van der Waals surface area contributed by atoms with Crippen molar-refractivity contribution in [1.29, 1.82) is 0 Å². The molecule has 29 heavy (non-hydrogen) atoms. The Kier molecular flexibility index (Phi) is 5.67. The number of hydrogen-bond donors (Lipinski definition) is 1. The van der Waals surface area contributed by atoms with Gasteiger partial charge in [0.05, 0.1) is 5.69 Å². The molecule has 1 heterocycles. The summed E-state index contributed by atoms with van der Waals surface area (Å²) in [4.78, 5) is 24.6. The van der Waals surface area contributed by atoms with Crippen LogP contribution in [-0.2, 0) is 6.54 Å². The van der Waals surface area contributed by atoms with Crippen LogP contribution < -0.4 is 15.5 Å². The van der Waals surface area contributed by atoms with Crippen LogP contribution in [0.25, 0.3) is 5.69 Å². The van der Waals surface area contributed by atoms with Crippen molar-refractivity contribution in [2.75, 3.05) is 0 Å². The van der Waals surface area contributed by atoms with Crippen molar-refractivity contribution in [2.45, 2.75) is 19.8 Å². The summed E-state index contributed by atoms with van der Waals surface area (Å²) < 4.78 is 41.8. The molecule has 0 atom stereocenters. The summed E-state index contributed by atoms with van der Waals surface area (Å²) in [7, 11) is 0. The van der Waals surface area contributed by atoms with Crippen molar-refractivity contribution in [3.8, 4) is 11.4 Å². The van der Waals surface area contributed by atoms with Crippen LogP contribution in [0.3, 0.4) is 0 Å². The Morgan fingerprint density at radius 3 is 2.38 bits per heavy atom. The lowest BCUT2D eigenvalue weighted by Gasteiger charge is -2.12. The molecule has 0 saturated carbocycles. The third kappa shape index (κ3) is 5.22. The first-order chi connectivity index (χ1) is 13.7. The number of rotatable bonds is 5. The van der Waals surface area contributed by atoms with Crippen LogP contribution in [0.1, 0.15) is 21.7 Å². The van der Waals surface area contributed by atoms with E-state index in [0.717, 1.165) is 12.1 Å². The van der Waals surface area contributed by atoms with Gasteiger partial charge >= 0.3 is 6.36 Å². The van der Waals surface area contributed by atoms with Crippen LogP contribution in [0, 0.1) is 6.92 Å². The van der Waals surface area contributed by atoms with E-state index in [4.69, 9.17) is 0 Å². The van der Waals surface area contributed by atoms with E-state index < -0.39 is 17.7 Å². The molecule has 0 saturated heterocycles. The maximum Gasteiger partial charge on any atom is 0.573 e. The number of aryl methyl sites for hydroxylation is 1. The van der Waals surface area contributed by atoms with Gasteiger partial charge in [-0.15, -0.1) is 13.2 Å². The number of nitrogens with zero attached hydrogens (tertiary/aromatic N) is 2. The summed E-state index contributed by atoms with van der Waals surface area (Å²) in [5.74, 6) is -1.05. The molecule has 150 valence electrons. The number of nitrogens with one attached hydrogen (secondary N) is 1. The molecule has 0 radical (unpaired) electrons. The second kappa shape index (κ2) is 8.17. The summed E-state index contributed by atoms with van der Waals surface area (Å²) in [6, 6.07) is 15.4. The second-order valence-corrected chi connectivity index (χ2v) is 6.12. The molecule has 0 aliphatic carbocycles. The van der Waals surface area contributed by atoms with Crippen LogP contribution >= 0.6 is 0 Å². The second-order valence-electron chi connectivity index (χ2n) is 6.12. The molecule has 1 amide bonds. The third-order valence-corrected chi connectivity index (χ3v) is 3.93. The highest BCUT2D eigenvalue weighted by Gasteiger charge is 2.30. The zero-order valence-electron chi connectivity index (χ0n) is 15.2. The van der Waals surface area contributed by atoms with Gasteiger partial charge in [-0.2, -0.15) is 5.10 Å². The predicted octanol–water partition coefficient (Wildman–Crippen LogP) is 3.37. The lowest BCUT2D eigenvalue weighted by atomic mass is 10.2. The fraction of sp³-hybridized carbons (Fsp3) is 0.150. The Labute approximate surface area is 163 Å². The van der Waals surface area contributed by atoms with Gasteiger partial charge in [0.15, 0.2) is 5.69 Å². The molecular weight excluding hydrogens is 387 g/mol. The van der Waals surface area contributed by atoms with Crippen LogP contribution in [0.2, 0.25) is 0 Å². The average molecular weight is 403 g/mol. The third-order valence-electron chi connectivity index (χ3n) is 3.93. The molecule has 0 unspecified atom stereocenters. The average Bonchev–Trinajstić information content (AvgIpc) is 2.67. The number of alkyl halides is 3. The molecule has 0 fully saturated rings. The van der Waals surface area contributed by atoms with Crippen molar-refractivity contribution in [3.63, 3.8) is 0 Å². The monoisotopic (exact) mass is 403 g/mol. The van der Waals surface area contributed by atoms with Gasteiger partial charge in [-0.1, -0.05) is 30.3 Å². The van der Waals surface area contributed by atoms with Gasteiger partial charge in [-0.25, -0.2) is 4.68 Å². The van der Waals surface area contributed by atoms with Crippen LogP contribution in [-0.4, -0.2) is 22.1 Å². The number of halogens is 3. The van der Waals surface area contributed by atoms with Gasteiger partial charge < -0.3 is 10.1 Å². The molecule has 6 nitrogen and oxygen atoms in total. The lowest BCUT2D eigenvalue weighted by Crippen LogP contribution is -2.31. The first kappa shape index (κ1) is 20.1. The number of carbonyl (C=O) groups excluding carboxylic acids is 1. The van der Waals surface area contributed by atoms with Gasteiger partial charge in [0.1, 0.15) is 5.75 Å². The van der Waals surface area contributed by atoms with Gasteiger partial charge in [-0.05, 0) is 36.8 Å². The Morgan fingerprint density at radius 2 is 1.76 bits per heavy atom. The number of ether oxygens (including phenoxy) is 1. The molecule has 1 aromatic heterocycles. The molecule has 1 N–H and O–H groups in total. The minimum atomic E-state index is -4.77. The Morgan fingerprint density at radius 1 is 1.10 bits per heavy atom. The van der Waals surface area contributed by atoms with E-state index in [-0.39, 0.29) is 18.0 Å². The highest BCUT2D eigenvalue weighted by atomic mass is 19.4. The van der Waals surface area contributed by atoms with Crippen molar-refractivity contribution < 1.29 is 22.7 Å². The maximum atomic E-state index is 12.4. The fourth-order valence-corrected chi connectivity index (χ4v) is 2.61. The van der Waals surface area contributed by atoms with E-state index >= 15 is 0 Å². The molecule has 0 aliphatic heterocycles. The summed E-state index contributed by atoms with van der Waals surface area (Å²) in [5, 5.41) is 6.70. The van der Waals surface area contributed by atoms with E-state index in [1.807, 2.05) is 6.07 Å². The molecule has 3 rings (SSSR count).